The highest BCUT2D eigenvalue weighted by Gasteiger charge is 2.30. The van der Waals surface area contributed by atoms with Crippen LogP contribution in [-0.4, -0.2) is 16.6 Å². The van der Waals surface area contributed by atoms with Crippen LogP contribution in [0, 0.1) is 5.92 Å². The summed E-state index contributed by atoms with van der Waals surface area (Å²) in [6, 6.07) is 57.5. The van der Waals surface area contributed by atoms with E-state index in [1.807, 2.05) is 6.07 Å². The molecule has 0 bridgehead atoms. The minimum absolute atomic E-state index is 0.0793. The molecule has 2 N–H and O–H groups in total. The van der Waals surface area contributed by atoms with E-state index in [0.29, 0.717) is 0 Å². The number of nitrogens with zero attached hydrogens (tertiary/aromatic N) is 2. The van der Waals surface area contributed by atoms with Crippen molar-refractivity contribution in [2.45, 2.75) is 18.8 Å². The van der Waals surface area contributed by atoms with Crippen molar-refractivity contribution in [2.75, 3.05) is 0 Å². The molecule has 10 aromatic rings. The predicted molar refractivity (Wildman–Crippen MR) is 232 cm³/mol. The van der Waals surface area contributed by atoms with Crippen LogP contribution in [-0.2, 0) is 0 Å². The van der Waals surface area contributed by atoms with Gasteiger partial charge in [0.15, 0.2) is 0 Å². The highest BCUT2D eigenvalue weighted by atomic mass is 16.3. The summed E-state index contributed by atoms with van der Waals surface area (Å²) in [7, 11) is 0. The van der Waals surface area contributed by atoms with Crippen molar-refractivity contribution >= 4 is 72.7 Å². The number of hydrogen-bond acceptors (Lipinski definition) is 5. The van der Waals surface area contributed by atoms with Crippen LogP contribution in [0.25, 0.3) is 83.7 Å². The first kappa shape index (κ1) is 32.1. The van der Waals surface area contributed by atoms with Crippen molar-refractivity contribution < 1.29 is 8.83 Å². The van der Waals surface area contributed by atoms with Gasteiger partial charge in [0.25, 0.3) is 0 Å². The van der Waals surface area contributed by atoms with E-state index in [2.05, 4.69) is 185 Å². The topological polar surface area (TPSA) is 67.6 Å². The van der Waals surface area contributed by atoms with Crippen molar-refractivity contribution in [1.29, 1.82) is 0 Å². The Bertz CT molecular complexity index is 3300. The second-order valence-electron chi connectivity index (χ2n) is 15.1. The monoisotopic (exact) mass is 736 g/mol. The van der Waals surface area contributed by atoms with Gasteiger partial charge in [0.1, 0.15) is 40.3 Å². The largest absolute Gasteiger partial charge is 0.456 e. The van der Waals surface area contributed by atoms with E-state index in [0.717, 1.165) is 78.2 Å². The fourth-order valence-electron chi connectivity index (χ4n) is 9.18. The number of nitrogens with one attached hydrogen (secondary N) is 2. The van der Waals surface area contributed by atoms with E-state index in [1.54, 1.807) is 0 Å². The van der Waals surface area contributed by atoms with Gasteiger partial charge < -0.3 is 18.7 Å². The van der Waals surface area contributed by atoms with E-state index in [4.69, 9.17) is 13.8 Å². The SMILES string of the molecule is C1=c2oc3c(-c4cccc5oc6cc(-n7c8ccccc8c8ccccc87)ccc6c45)cccc3c2=CCC1C1N=C(c2ccccc2)NC(c2ccccc2)N1. The molecule has 0 fully saturated rings. The lowest BCUT2D eigenvalue weighted by Gasteiger charge is -2.35. The summed E-state index contributed by atoms with van der Waals surface area (Å²) in [6.07, 6.45) is 5.22. The number of hydrogen-bond donors (Lipinski definition) is 2. The van der Waals surface area contributed by atoms with Gasteiger partial charge in [-0.1, -0.05) is 133 Å². The van der Waals surface area contributed by atoms with E-state index in [1.165, 1.54) is 27.4 Å². The second-order valence-corrected chi connectivity index (χ2v) is 15.1. The van der Waals surface area contributed by atoms with Crippen molar-refractivity contribution in [1.82, 2.24) is 15.2 Å². The zero-order valence-electron chi connectivity index (χ0n) is 30.9. The Balaban J connectivity index is 0.960. The van der Waals surface area contributed by atoms with Gasteiger partial charge in [-0.3, -0.25) is 5.32 Å². The molecule has 12 rings (SSSR count). The van der Waals surface area contributed by atoms with Gasteiger partial charge >= 0.3 is 0 Å². The van der Waals surface area contributed by atoms with Crippen LogP contribution in [0.1, 0.15) is 23.7 Å². The van der Waals surface area contributed by atoms with E-state index in [9.17, 15) is 0 Å². The van der Waals surface area contributed by atoms with Crippen molar-refractivity contribution in [3.05, 3.63) is 186 Å². The normalized spacial score (nSPS) is 18.0. The molecular weight excluding hydrogens is 701 g/mol. The van der Waals surface area contributed by atoms with E-state index < -0.39 is 0 Å². The van der Waals surface area contributed by atoms with Gasteiger partial charge in [-0.2, -0.15) is 0 Å². The predicted octanol–water partition coefficient (Wildman–Crippen LogP) is 10.3. The van der Waals surface area contributed by atoms with Gasteiger partial charge in [0.2, 0.25) is 0 Å². The highest BCUT2D eigenvalue weighted by Crippen LogP contribution is 2.40. The van der Waals surface area contributed by atoms with Crippen molar-refractivity contribution in [3.8, 4) is 16.8 Å². The lowest BCUT2D eigenvalue weighted by molar-refractivity contribution is 0.349. The molecule has 272 valence electrons. The third-order valence-corrected chi connectivity index (χ3v) is 11.8. The Morgan fingerprint density at radius 1 is 0.596 bits per heavy atom. The Morgan fingerprint density at radius 2 is 1.30 bits per heavy atom. The lowest BCUT2D eigenvalue weighted by Crippen LogP contribution is -2.51. The van der Waals surface area contributed by atoms with Crippen LogP contribution < -0.4 is 21.3 Å². The summed E-state index contributed by atoms with van der Waals surface area (Å²) in [5.41, 5.74) is 11.3. The van der Waals surface area contributed by atoms with Crippen LogP contribution in [0.5, 0.6) is 0 Å². The van der Waals surface area contributed by atoms with Gasteiger partial charge in [-0.05, 0) is 54.0 Å². The van der Waals surface area contributed by atoms with Crippen LogP contribution in [0.3, 0.4) is 0 Å². The molecule has 6 heteroatoms. The van der Waals surface area contributed by atoms with Crippen LogP contribution >= 0.6 is 0 Å². The molecule has 0 radical (unpaired) electrons. The maximum atomic E-state index is 6.89. The van der Waals surface area contributed by atoms with Gasteiger partial charge in [-0.25, -0.2) is 4.99 Å². The molecule has 1 aliphatic heterocycles. The molecule has 3 atom stereocenters. The number of rotatable bonds is 5. The summed E-state index contributed by atoms with van der Waals surface area (Å²) in [5.74, 6) is 0.987. The molecule has 3 unspecified atom stereocenters. The van der Waals surface area contributed by atoms with E-state index >= 15 is 0 Å². The Kier molecular flexibility index (Phi) is 7.16. The molecule has 0 amide bonds. The minimum atomic E-state index is -0.151. The average Bonchev–Trinajstić information content (AvgIpc) is 3.96. The molecule has 4 heterocycles. The maximum Gasteiger partial charge on any atom is 0.143 e. The quantitative estimate of drug-likeness (QED) is 0.185. The zero-order chi connectivity index (χ0) is 37.5. The van der Waals surface area contributed by atoms with Gasteiger partial charge in [0, 0.05) is 60.9 Å². The summed E-state index contributed by atoms with van der Waals surface area (Å²) in [4.78, 5) is 5.24. The molecule has 2 aliphatic rings. The fraction of sp³-hybridized carbons (Fsp3) is 0.0784. The number of furan rings is 2. The number of fused-ring (bicyclic) bond motifs is 9. The summed E-state index contributed by atoms with van der Waals surface area (Å²) in [6.45, 7) is 0. The molecule has 0 saturated heterocycles. The van der Waals surface area contributed by atoms with Crippen molar-refractivity contribution in [2.24, 2.45) is 10.9 Å². The van der Waals surface area contributed by atoms with Crippen LogP contribution in [0.2, 0.25) is 0 Å². The molecule has 0 saturated carbocycles. The maximum absolute atomic E-state index is 6.89. The molecule has 0 spiro atoms. The van der Waals surface area contributed by atoms with E-state index in [-0.39, 0.29) is 18.2 Å². The molecule has 6 nitrogen and oxygen atoms in total. The molecule has 3 aromatic heterocycles. The smallest absolute Gasteiger partial charge is 0.143 e. The Morgan fingerprint density at radius 3 is 2.11 bits per heavy atom. The van der Waals surface area contributed by atoms with Gasteiger partial charge in [-0.15, -0.1) is 0 Å². The fourth-order valence-corrected chi connectivity index (χ4v) is 9.18. The first-order valence-corrected chi connectivity index (χ1v) is 19.6. The van der Waals surface area contributed by atoms with Gasteiger partial charge in [0.05, 0.1) is 11.0 Å². The molecule has 1 aliphatic carbocycles. The number of para-hydroxylation sites is 3. The first-order chi connectivity index (χ1) is 28.2. The second kappa shape index (κ2) is 12.7. The molecule has 57 heavy (non-hydrogen) atoms. The first-order valence-electron chi connectivity index (χ1n) is 19.6. The third-order valence-electron chi connectivity index (χ3n) is 11.8. The zero-order valence-corrected chi connectivity index (χ0v) is 30.9. The Hall–Kier alpha value is -7.15. The lowest BCUT2D eigenvalue weighted by atomic mass is 9.94. The number of benzene rings is 7. The van der Waals surface area contributed by atoms with Crippen molar-refractivity contribution in [3.63, 3.8) is 0 Å². The van der Waals surface area contributed by atoms with Crippen LogP contribution in [0.4, 0.5) is 0 Å². The number of aliphatic imine (C=N–C) groups is 1. The minimum Gasteiger partial charge on any atom is -0.456 e. The summed E-state index contributed by atoms with van der Waals surface area (Å²) in [5, 5.41) is 14.4. The van der Waals surface area contributed by atoms with Crippen LogP contribution in [0.15, 0.2) is 178 Å². The molecule has 7 aromatic carbocycles. The summed E-state index contributed by atoms with van der Waals surface area (Å²) < 4.78 is 15.9. The third kappa shape index (κ3) is 5.11. The number of amidine groups is 1. The standard InChI is InChI=1S/C51H36N4O2/c1-3-13-31(14-4-1)49-52-50(32-15-5-2-6-16-32)54-51(53-49)33-25-27-37-39-20-11-21-40(48(39)57-45(37)29-33)38-19-12-24-44-47(38)41-28-26-34(30-46(41)56-44)55-42-22-9-7-17-35(42)36-18-8-10-23-43(36)55/h1-24,26-30,33,49,51,53H,25H2,(H,52,54). The summed E-state index contributed by atoms with van der Waals surface area (Å²) >= 11 is 0. The molecular formula is C51H36N4O2. The number of aromatic nitrogens is 1. The average molecular weight is 737 g/mol. The highest BCUT2D eigenvalue weighted by molar-refractivity contribution is 6.15. The Labute approximate surface area is 327 Å².